The van der Waals surface area contributed by atoms with E-state index in [1.807, 2.05) is 24.4 Å². The molecule has 1 aromatic carbocycles. The van der Waals surface area contributed by atoms with Crippen molar-refractivity contribution in [2.24, 2.45) is 0 Å². The summed E-state index contributed by atoms with van der Waals surface area (Å²) >= 11 is 0. The number of carbonyl (C=O) groups is 1. The third-order valence-corrected chi connectivity index (χ3v) is 7.02. The summed E-state index contributed by atoms with van der Waals surface area (Å²) in [6, 6.07) is 12.0. The highest BCUT2D eigenvalue weighted by Crippen LogP contribution is 2.18. The lowest BCUT2D eigenvalue weighted by molar-refractivity contribution is 0.0730. The summed E-state index contributed by atoms with van der Waals surface area (Å²) in [7, 11) is -3.56. The molecule has 1 aliphatic rings. The molecule has 0 unspecified atom stereocenters. The van der Waals surface area contributed by atoms with E-state index in [1.165, 1.54) is 16.4 Å². The van der Waals surface area contributed by atoms with Gasteiger partial charge in [0, 0.05) is 49.5 Å². The summed E-state index contributed by atoms with van der Waals surface area (Å²) in [5, 5.41) is 3.97. The van der Waals surface area contributed by atoms with Crippen molar-refractivity contribution in [1.29, 1.82) is 0 Å². The van der Waals surface area contributed by atoms with Gasteiger partial charge in [-0.25, -0.2) is 13.4 Å². The van der Waals surface area contributed by atoms with E-state index in [2.05, 4.69) is 14.9 Å². The number of nitrogens with one attached hydrogen (secondary N) is 1. The molecular formula is C21H24N4O4S. The molecule has 1 amide bonds. The second-order valence-corrected chi connectivity index (χ2v) is 9.01. The fourth-order valence-electron chi connectivity index (χ4n) is 3.47. The lowest BCUT2D eigenvalue weighted by atomic mass is 10.2. The van der Waals surface area contributed by atoms with Crippen LogP contribution in [0.3, 0.4) is 0 Å². The number of carbonyl (C=O) groups excluding carboxylic acids is 1. The zero-order valence-corrected chi connectivity index (χ0v) is 17.3. The summed E-state index contributed by atoms with van der Waals surface area (Å²) in [5.74, 6) is -0.221. The molecule has 4 rings (SSSR count). The number of sulfonamides is 1. The summed E-state index contributed by atoms with van der Waals surface area (Å²) in [6.07, 6.45) is 4.52. The number of amides is 1. The van der Waals surface area contributed by atoms with Gasteiger partial charge >= 0.3 is 0 Å². The van der Waals surface area contributed by atoms with Crippen molar-refractivity contribution in [2.45, 2.75) is 17.9 Å². The Hall–Kier alpha value is -2.75. The second kappa shape index (κ2) is 8.95. The molecule has 1 N–H and O–H groups in total. The van der Waals surface area contributed by atoms with Crippen LogP contribution in [0.25, 0.3) is 11.0 Å². The minimum atomic E-state index is -3.56. The van der Waals surface area contributed by atoms with Crippen molar-refractivity contribution in [3.63, 3.8) is 0 Å². The molecular weight excluding hydrogens is 404 g/mol. The standard InChI is InChI=1S/C21H24N4O4S/c26-21(23-10-2-11-24-12-8-17-3-1-9-22-20(17)24)18-4-6-19(7-5-18)30(27,28)25-13-15-29-16-14-25/h1,3-9,12H,2,10-11,13-16H2,(H,23,26). The third-order valence-electron chi connectivity index (χ3n) is 5.11. The number of aryl methyl sites for hydroxylation is 1. The molecule has 0 radical (unpaired) electrons. The first-order valence-corrected chi connectivity index (χ1v) is 11.4. The second-order valence-electron chi connectivity index (χ2n) is 7.08. The Morgan fingerprint density at radius 3 is 2.63 bits per heavy atom. The average Bonchev–Trinajstić information content (AvgIpc) is 3.20. The predicted molar refractivity (Wildman–Crippen MR) is 113 cm³/mol. The van der Waals surface area contributed by atoms with Crippen LogP contribution >= 0.6 is 0 Å². The van der Waals surface area contributed by atoms with E-state index in [1.54, 1.807) is 18.3 Å². The van der Waals surface area contributed by atoms with Crippen molar-refractivity contribution < 1.29 is 17.9 Å². The number of aromatic nitrogens is 2. The number of pyridine rings is 1. The number of hydrogen-bond acceptors (Lipinski definition) is 5. The number of hydrogen-bond donors (Lipinski definition) is 1. The van der Waals surface area contributed by atoms with Crippen LogP contribution in [0.15, 0.2) is 59.8 Å². The van der Waals surface area contributed by atoms with Crippen LogP contribution in [0, 0.1) is 0 Å². The molecule has 0 bridgehead atoms. The molecule has 3 heterocycles. The van der Waals surface area contributed by atoms with Gasteiger partial charge in [-0.05, 0) is 48.9 Å². The van der Waals surface area contributed by atoms with Gasteiger partial charge in [-0.1, -0.05) is 0 Å². The summed E-state index contributed by atoms with van der Waals surface area (Å²) in [6.45, 7) is 2.74. The van der Waals surface area contributed by atoms with Gasteiger partial charge in [-0.2, -0.15) is 4.31 Å². The normalized spacial score (nSPS) is 15.3. The van der Waals surface area contributed by atoms with E-state index in [0.717, 1.165) is 24.0 Å². The first-order chi connectivity index (χ1) is 14.6. The minimum Gasteiger partial charge on any atom is -0.379 e. The Bertz CT molecular complexity index is 1120. The Kier molecular flexibility index (Phi) is 6.12. The van der Waals surface area contributed by atoms with E-state index in [0.29, 0.717) is 38.4 Å². The van der Waals surface area contributed by atoms with Gasteiger partial charge in [-0.15, -0.1) is 0 Å². The van der Waals surface area contributed by atoms with E-state index in [9.17, 15) is 13.2 Å². The number of nitrogens with zero attached hydrogens (tertiary/aromatic N) is 3. The summed E-state index contributed by atoms with van der Waals surface area (Å²) in [4.78, 5) is 16.9. The van der Waals surface area contributed by atoms with E-state index < -0.39 is 10.0 Å². The molecule has 30 heavy (non-hydrogen) atoms. The molecule has 2 aromatic heterocycles. The maximum Gasteiger partial charge on any atom is 0.251 e. The van der Waals surface area contributed by atoms with Crippen LogP contribution in [0.4, 0.5) is 0 Å². The van der Waals surface area contributed by atoms with Crippen molar-refractivity contribution >= 4 is 27.0 Å². The quantitative estimate of drug-likeness (QED) is 0.580. The number of rotatable bonds is 7. The Balaban J connectivity index is 1.30. The molecule has 0 atom stereocenters. The molecule has 1 aliphatic heterocycles. The fourth-order valence-corrected chi connectivity index (χ4v) is 4.88. The number of benzene rings is 1. The van der Waals surface area contributed by atoms with Gasteiger partial charge in [0.1, 0.15) is 5.65 Å². The fraction of sp³-hybridized carbons (Fsp3) is 0.333. The van der Waals surface area contributed by atoms with Crippen molar-refractivity contribution in [2.75, 3.05) is 32.8 Å². The maximum absolute atomic E-state index is 12.6. The first kappa shape index (κ1) is 20.5. The van der Waals surface area contributed by atoms with Gasteiger partial charge in [0.2, 0.25) is 10.0 Å². The first-order valence-electron chi connectivity index (χ1n) is 9.92. The van der Waals surface area contributed by atoms with Gasteiger partial charge in [0.05, 0.1) is 18.1 Å². The van der Waals surface area contributed by atoms with Crippen molar-refractivity contribution in [3.05, 3.63) is 60.4 Å². The molecule has 9 heteroatoms. The highest BCUT2D eigenvalue weighted by molar-refractivity contribution is 7.89. The van der Waals surface area contributed by atoms with Crippen molar-refractivity contribution in [3.8, 4) is 0 Å². The monoisotopic (exact) mass is 428 g/mol. The molecule has 3 aromatic rings. The molecule has 0 saturated carbocycles. The highest BCUT2D eigenvalue weighted by Gasteiger charge is 2.26. The zero-order valence-electron chi connectivity index (χ0n) is 16.5. The molecule has 1 fully saturated rings. The molecule has 158 valence electrons. The number of fused-ring (bicyclic) bond motifs is 1. The van der Waals surface area contributed by atoms with Gasteiger partial charge < -0.3 is 14.6 Å². The van der Waals surface area contributed by atoms with Gasteiger partial charge in [0.25, 0.3) is 5.91 Å². The van der Waals surface area contributed by atoms with Gasteiger partial charge in [-0.3, -0.25) is 4.79 Å². The molecule has 1 saturated heterocycles. The molecule has 8 nitrogen and oxygen atoms in total. The summed E-state index contributed by atoms with van der Waals surface area (Å²) in [5.41, 5.74) is 1.37. The molecule has 0 aliphatic carbocycles. The molecule has 0 spiro atoms. The lowest BCUT2D eigenvalue weighted by Crippen LogP contribution is -2.40. The van der Waals surface area contributed by atoms with E-state index in [-0.39, 0.29) is 10.8 Å². The topological polar surface area (TPSA) is 93.5 Å². The Morgan fingerprint density at radius 2 is 1.87 bits per heavy atom. The van der Waals surface area contributed by atoms with Gasteiger partial charge in [0.15, 0.2) is 0 Å². The van der Waals surface area contributed by atoms with Crippen LogP contribution in [0.2, 0.25) is 0 Å². The van der Waals surface area contributed by atoms with Crippen molar-refractivity contribution in [1.82, 2.24) is 19.2 Å². The predicted octanol–water partition coefficient (Wildman–Crippen LogP) is 1.88. The minimum absolute atomic E-state index is 0.188. The van der Waals surface area contributed by atoms with Crippen LogP contribution in [0.5, 0.6) is 0 Å². The smallest absolute Gasteiger partial charge is 0.251 e. The van der Waals surface area contributed by atoms with E-state index in [4.69, 9.17) is 4.74 Å². The zero-order chi connectivity index (χ0) is 21.0. The van der Waals surface area contributed by atoms with Crippen LogP contribution in [-0.2, 0) is 21.3 Å². The third kappa shape index (κ3) is 4.38. The van der Waals surface area contributed by atoms with Crippen LogP contribution in [-0.4, -0.2) is 61.0 Å². The van der Waals surface area contributed by atoms with E-state index >= 15 is 0 Å². The Labute approximate surface area is 175 Å². The van der Waals surface area contributed by atoms with Crippen LogP contribution < -0.4 is 5.32 Å². The average molecular weight is 429 g/mol. The van der Waals surface area contributed by atoms with Crippen LogP contribution in [0.1, 0.15) is 16.8 Å². The largest absolute Gasteiger partial charge is 0.379 e. The summed E-state index contributed by atoms with van der Waals surface area (Å²) < 4.78 is 34.0. The number of ether oxygens (including phenoxy) is 1. The highest BCUT2D eigenvalue weighted by atomic mass is 32.2. The maximum atomic E-state index is 12.6. The Morgan fingerprint density at radius 1 is 1.10 bits per heavy atom. The lowest BCUT2D eigenvalue weighted by Gasteiger charge is -2.26. The number of morpholine rings is 1. The SMILES string of the molecule is O=C(NCCCn1ccc2cccnc21)c1ccc(S(=O)(=O)N2CCOCC2)cc1.